The van der Waals surface area contributed by atoms with Crippen molar-refractivity contribution in [3.63, 3.8) is 0 Å². The van der Waals surface area contributed by atoms with E-state index in [1.54, 1.807) is 6.92 Å². The summed E-state index contributed by atoms with van der Waals surface area (Å²) < 4.78 is 67.5. The van der Waals surface area contributed by atoms with Gasteiger partial charge < -0.3 is 5.32 Å². The first-order chi connectivity index (χ1) is 14.7. The van der Waals surface area contributed by atoms with Crippen molar-refractivity contribution >= 4 is 22.5 Å². The molecular formula is C21H12F5N5. The fourth-order valence-corrected chi connectivity index (χ4v) is 3.16. The van der Waals surface area contributed by atoms with E-state index < -0.39 is 23.4 Å². The number of alkyl halides is 3. The highest BCUT2D eigenvalue weighted by molar-refractivity contribution is 5.79. The predicted octanol–water partition coefficient (Wildman–Crippen LogP) is 5.64. The molecule has 0 bridgehead atoms. The average Bonchev–Trinajstić information content (AvgIpc) is 3.03. The van der Waals surface area contributed by atoms with Crippen molar-refractivity contribution in [2.45, 2.75) is 13.1 Å². The molecule has 0 aliphatic carbocycles. The van der Waals surface area contributed by atoms with Gasteiger partial charge in [0.15, 0.2) is 5.82 Å². The number of aromatic nitrogens is 3. The van der Waals surface area contributed by atoms with Crippen molar-refractivity contribution in [2.75, 3.05) is 5.32 Å². The Hall–Kier alpha value is -4.00. The maximum atomic E-state index is 14.1. The molecule has 0 saturated carbocycles. The number of nitriles is 1. The smallest absolute Gasteiger partial charge is 0.340 e. The lowest BCUT2D eigenvalue weighted by molar-refractivity contribution is -0.137. The third-order valence-electron chi connectivity index (χ3n) is 4.50. The summed E-state index contributed by atoms with van der Waals surface area (Å²) in [7, 11) is 0. The lowest BCUT2D eigenvalue weighted by Crippen LogP contribution is -2.05. The summed E-state index contributed by atoms with van der Waals surface area (Å²) in [6.45, 7) is 1.57. The van der Waals surface area contributed by atoms with Gasteiger partial charge in [-0.2, -0.15) is 18.4 Å². The molecule has 4 aromatic rings. The SMILES string of the molecule is Cc1nc2c(F)cc(F)cc2n1-c1cc(C#N)cc(Nc2ccc(C(F)(F)F)cc2)n1. The molecule has 10 heteroatoms. The van der Waals surface area contributed by atoms with Gasteiger partial charge in [-0.3, -0.25) is 4.57 Å². The zero-order valence-electron chi connectivity index (χ0n) is 15.8. The lowest BCUT2D eigenvalue weighted by atomic mass is 10.2. The molecule has 31 heavy (non-hydrogen) atoms. The summed E-state index contributed by atoms with van der Waals surface area (Å²) in [5.41, 5.74) is -0.246. The van der Waals surface area contributed by atoms with E-state index in [-0.39, 0.29) is 28.2 Å². The second-order valence-electron chi connectivity index (χ2n) is 6.66. The molecule has 0 aliphatic heterocycles. The molecule has 0 saturated heterocycles. The Kier molecular flexibility index (Phi) is 4.81. The molecule has 0 amide bonds. The number of rotatable bonds is 3. The maximum absolute atomic E-state index is 14.1. The minimum absolute atomic E-state index is 0.0553. The molecule has 0 radical (unpaired) electrons. The van der Waals surface area contributed by atoms with Crippen molar-refractivity contribution in [1.82, 2.24) is 14.5 Å². The van der Waals surface area contributed by atoms with Crippen LogP contribution in [0.4, 0.5) is 33.5 Å². The number of fused-ring (bicyclic) bond motifs is 1. The first-order valence-electron chi connectivity index (χ1n) is 8.86. The van der Waals surface area contributed by atoms with Crippen LogP contribution in [-0.4, -0.2) is 14.5 Å². The Labute approximate surface area is 172 Å². The van der Waals surface area contributed by atoms with E-state index in [0.717, 1.165) is 24.3 Å². The third-order valence-corrected chi connectivity index (χ3v) is 4.50. The zero-order valence-corrected chi connectivity index (χ0v) is 15.8. The van der Waals surface area contributed by atoms with E-state index in [1.165, 1.54) is 28.8 Å². The van der Waals surface area contributed by atoms with Crippen molar-refractivity contribution in [1.29, 1.82) is 5.26 Å². The van der Waals surface area contributed by atoms with Gasteiger partial charge in [0.2, 0.25) is 0 Å². The molecule has 1 N–H and O–H groups in total. The van der Waals surface area contributed by atoms with Crippen LogP contribution < -0.4 is 5.32 Å². The first-order valence-corrected chi connectivity index (χ1v) is 8.86. The normalized spacial score (nSPS) is 11.5. The van der Waals surface area contributed by atoms with Gasteiger partial charge in [0.25, 0.3) is 0 Å². The average molecular weight is 429 g/mol. The van der Waals surface area contributed by atoms with E-state index in [2.05, 4.69) is 15.3 Å². The van der Waals surface area contributed by atoms with Gasteiger partial charge in [-0.15, -0.1) is 0 Å². The lowest BCUT2D eigenvalue weighted by Gasteiger charge is -2.12. The van der Waals surface area contributed by atoms with Gasteiger partial charge in [-0.1, -0.05) is 0 Å². The Balaban J connectivity index is 1.79. The number of benzene rings is 2. The molecule has 4 rings (SSSR count). The molecule has 0 unspecified atom stereocenters. The van der Waals surface area contributed by atoms with E-state index in [1.807, 2.05) is 6.07 Å². The Morgan fingerprint density at radius 1 is 1.00 bits per heavy atom. The standard InChI is InChI=1S/C21H12F5N5/c1-11-28-20-16(23)8-14(22)9-17(20)31(11)19-7-12(10-27)6-18(30-19)29-15-4-2-13(3-5-15)21(24,25)26/h2-9H,1H3,(H,29,30). The summed E-state index contributed by atoms with van der Waals surface area (Å²) >= 11 is 0. The van der Waals surface area contributed by atoms with Gasteiger partial charge >= 0.3 is 6.18 Å². The highest BCUT2D eigenvalue weighted by Gasteiger charge is 2.30. The number of nitrogens with one attached hydrogen (secondary N) is 1. The molecule has 0 fully saturated rings. The fraction of sp³-hybridized carbons (Fsp3) is 0.0952. The van der Waals surface area contributed by atoms with Crippen molar-refractivity contribution in [3.8, 4) is 11.9 Å². The highest BCUT2D eigenvalue weighted by atomic mass is 19.4. The van der Waals surface area contributed by atoms with E-state index in [0.29, 0.717) is 11.5 Å². The van der Waals surface area contributed by atoms with E-state index >= 15 is 0 Å². The molecule has 2 aromatic carbocycles. The molecule has 0 atom stereocenters. The largest absolute Gasteiger partial charge is 0.416 e. The molecule has 0 spiro atoms. The van der Waals surface area contributed by atoms with Crippen LogP contribution in [0.1, 0.15) is 17.0 Å². The van der Waals surface area contributed by atoms with Crippen molar-refractivity contribution in [3.05, 3.63) is 77.1 Å². The number of hydrogen-bond donors (Lipinski definition) is 1. The number of imidazole rings is 1. The maximum Gasteiger partial charge on any atom is 0.416 e. The Bertz CT molecular complexity index is 1330. The Morgan fingerprint density at radius 2 is 1.71 bits per heavy atom. The fourth-order valence-electron chi connectivity index (χ4n) is 3.16. The van der Waals surface area contributed by atoms with Crippen LogP contribution in [0, 0.1) is 29.9 Å². The second kappa shape index (κ2) is 7.36. The monoisotopic (exact) mass is 429 g/mol. The highest BCUT2D eigenvalue weighted by Crippen LogP contribution is 2.31. The molecule has 2 heterocycles. The van der Waals surface area contributed by atoms with Crippen LogP contribution >= 0.6 is 0 Å². The minimum Gasteiger partial charge on any atom is -0.340 e. The molecule has 156 valence electrons. The number of hydrogen-bond acceptors (Lipinski definition) is 4. The second-order valence-corrected chi connectivity index (χ2v) is 6.66. The van der Waals surface area contributed by atoms with Crippen LogP contribution in [-0.2, 0) is 6.18 Å². The summed E-state index contributed by atoms with van der Waals surface area (Å²) in [6.07, 6.45) is -4.46. The predicted molar refractivity (Wildman–Crippen MR) is 103 cm³/mol. The van der Waals surface area contributed by atoms with Gasteiger partial charge in [0.05, 0.1) is 22.7 Å². The topological polar surface area (TPSA) is 66.5 Å². The third kappa shape index (κ3) is 3.90. The van der Waals surface area contributed by atoms with Crippen LogP contribution in [0.3, 0.4) is 0 Å². The quantitative estimate of drug-likeness (QED) is 0.428. The van der Waals surface area contributed by atoms with Crippen molar-refractivity contribution in [2.24, 2.45) is 0 Å². The van der Waals surface area contributed by atoms with Gasteiger partial charge in [-0.25, -0.2) is 18.7 Å². The Morgan fingerprint density at radius 3 is 2.35 bits per heavy atom. The number of aryl methyl sites for hydroxylation is 1. The number of anilines is 2. The van der Waals surface area contributed by atoms with Crippen LogP contribution in [0.5, 0.6) is 0 Å². The minimum atomic E-state index is -4.46. The van der Waals surface area contributed by atoms with Gasteiger partial charge in [0, 0.05) is 17.8 Å². The summed E-state index contributed by atoms with van der Waals surface area (Å²) in [6, 6.07) is 10.9. The number of pyridine rings is 1. The van der Waals surface area contributed by atoms with Crippen LogP contribution in [0.25, 0.3) is 16.9 Å². The summed E-state index contributed by atoms with van der Waals surface area (Å²) in [4.78, 5) is 8.46. The summed E-state index contributed by atoms with van der Waals surface area (Å²) in [5.74, 6) is -1.00. The number of halogens is 5. The van der Waals surface area contributed by atoms with Crippen LogP contribution in [0.2, 0.25) is 0 Å². The molecular weight excluding hydrogens is 417 g/mol. The summed E-state index contributed by atoms with van der Waals surface area (Å²) in [5, 5.41) is 12.2. The first kappa shape index (κ1) is 20.3. The number of nitrogens with zero attached hydrogens (tertiary/aromatic N) is 4. The van der Waals surface area contributed by atoms with Gasteiger partial charge in [-0.05, 0) is 43.3 Å². The van der Waals surface area contributed by atoms with Crippen molar-refractivity contribution < 1.29 is 22.0 Å². The van der Waals surface area contributed by atoms with Gasteiger partial charge in [0.1, 0.15) is 28.8 Å². The zero-order chi connectivity index (χ0) is 22.3. The van der Waals surface area contributed by atoms with E-state index in [9.17, 15) is 27.2 Å². The molecule has 2 aromatic heterocycles. The molecule has 0 aliphatic rings. The molecule has 5 nitrogen and oxygen atoms in total. The van der Waals surface area contributed by atoms with Crippen LogP contribution in [0.15, 0.2) is 48.5 Å². The van der Waals surface area contributed by atoms with E-state index in [4.69, 9.17) is 0 Å².